The smallest absolute Gasteiger partial charge is 0.428 e. The number of carbonyl (C=O) groups excluding carboxylic acids is 1. The van der Waals surface area contributed by atoms with E-state index >= 15 is 0 Å². The number of carbonyl (C=O) groups is 1. The molecule has 0 bridgehead atoms. The number of rotatable bonds is 5. The van der Waals surface area contributed by atoms with Gasteiger partial charge in [-0.25, -0.2) is 10.2 Å². The third kappa shape index (κ3) is 4.94. The Bertz CT molecular complexity index is 597. The molecule has 0 spiro atoms. The summed E-state index contributed by atoms with van der Waals surface area (Å²) in [6, 6.07) is 10.9. The fraction of sp³-hybridized carbons (Fsp3) is 0.133. The van der Waals surface area contributed by atoms with Crippen LogP contribution in [0.5, 0.6) is 5.75 Å². The summed E-state index contributed by atoms with van der Waals surface area (Å²) >= 11 is 0. The van der Waals surface area contributed by atoms with Gasteiger partial charge in [-0.3, -0.25) is 4.98 Å². The zero-order chi connectivity index (χ0) is 14.9. The van der Waals surface area contributed by atoms with Crippen LogP contribution in [0.15, 0.2) is 53.9 Å². The molecule has 1 amide bonds. The van der Waals surface area contributed by atoms with E-state index < -0.39 is 6.09 Å². The van der Waals surface area contributed by atoms with E-state index in [-0.39, 0.29) is 6.61 Å². The molecule has 108 valence electrons. The van der Waals surface area contributed by atoms with Crippen LogP contribution >= 0.6 is 0 Å². The van der Waals surface area contributed by atoms with Crippen LogP contribution < -0.4 is 10.2 Å². The molecule has 0 aliphatic heterocycles. The molecule has 1 heterocycles. The first-order valence-corrected chi connectivity index (χ1v) is 6.27. The summed E-state index contributed by atoms with van der Waals surface area (Å²) < 4.78 is 10.1. The third-order valence-electron chi connectivity index (χ3n) is 2.58. The standard InChI is InChI=1S/C15H15N3O3/c1-20-14-6-4-12(5-7-14)11-21-15(19)18-17-10-13-3-2-8-16-9-13/h2-10H,11H2,1H3,(H,18,19). The van der Waals surface area contributed by atoms with Gasteiger partial charge in [-0.15, -0.1) is 0 Å². The van der Waals surface area contributed by atoms with Crippen LogP contribution in [0, 0.1) is 0 Å². The molecular weight excluding hydrogens is 270 g/mol. The van der Waals surface area contributed by atoms with Gasteiger partial charge >= 0.3 is 6.09 Å². The number of hydrazone groups is 1. The molecule has 0 aliphatic rings. The minimum atomic E-state index is -0.619. The van der Waals surface area contributed by atoms with E-state index in [0.717, 1.165) is 16.9 Å². The lowest BCUT2D eigenvalue weighted by atomic mass is 10.2. The second-order valence-corrected chi connectivity index (χ2v) is 4.08. The van der Waals surface area contributed by atoms with Gasteiger partial charge in [-0.1, -0.05) is 18.2 Å². The van der Waals surface area contributed by atoms with Crippen LogP contribution in [0.3, 0.4) is 0 Å². The van der Waals surface area contributed by atoms with E-state index in [0.29, 0.717) is 0 Å². The Morgan fingerprint density at radius 1 is 1.33 bits per heavy atom. The molecule has 2 rings (SSSR count). The molecule has 1 aromatic heterocycles. The molecule has 6 heteroatoms. The Morgan fingerprint density at radius 2 is 2.14 bits per heavy atom. The third-order valence-corrected chi connectivity index (χ3v) is 2.58. The molecule has 1 aromatic carbocycles. The van der Waals surface area contributed by atoms with Crippen LogP contribution in [0.4, 0.5) is 4.79 Å². The van der Waals surface area contributed by atoms with Crippen molar-refractivity contribution in [2.24, 2.45) is 5.10 Å². The maximum Gasteiger partial charge on any atom is 0.428 e. The maximum absolute atomic E-state index is 11.4. The molecule has 0 saturated carbocycles. The topological polar surface area (TPSA) is 72.8 Å². The van der Waals surface area contributed by atoms with E-state index in [1.165, 1.54) is 6.21 Å². The molecule has 0 unspecified atom stereocenters. The van der Waals surface area contributed by atoms with Crippen molar-refractivity contribution in [3.8, 4) is 5.75 Å². The molecule has 0 radical (unpaired) electrons. The highest BCUT2D eigenvalue weighted by Crippen LogP contribution is 2.11. The van der Waals surface area contributed by atoms with Gasteiger partial charge in [0.15, 0.2) is 0 Å². The molecule has 21 heavy (non-hydrogen) atoms. The zero-order valence-corrected chi connectivity index (χ0v) is 11.5. The van der Waals surface area contributed by atoms with Crippen LogP contribution in [-0.2, 0) is 11.3 Å². The highest BCUT2D eigenvalue weighted by Gasteiger charge is 2.01. The van der Waals surface area contributed by atoms with Crippen LogP contribution in [-0.4, -0.2) is 24.4 Å². The zero-order valence-electron chi connectivity index (χ0n) is 11.5. The van der Waals surface area contributed by atoms with Crippen LogP contribution in [0.25, 0.3) is 0 Å². The Hall–Kier alpha value is -2.89. The number of benzene rings is 1. The summed E-state index contributed by atoms with van der Waals surface area (Å²) in [7, 11) is 1.60. The molecule has 0 fully saturated rings. The van der Waals surface area contributed by atoms with Crippen molar-refractivity contribution in [2.75, 3.05) is 7.11 Å². The lowest BCUT2D eigenvalue weighted by Crippen LogP contribution is -2.18. The highest BCUT2D eigenvalue weighted by atomic mass is 16.6. The van der Waals surface area contributed by atoms with Gasteiger partial charge in [-0.05, 0) is 23.8 Å². The summed E-state index contributed by atoms with van der Waals surface area (Å²) in [6.45, 7) is 0.165. The quantitative estimate of drug-likeness (QED) is 0.676. The largest absolute Gasteiger partial charge is 0.497 e. The lowest BCUT2D eigenvalue weighted by Gasteiger charge is -2.05. The van der Waals surface area contributed by atoms with E-state index in [9.17, 15) is 4.79 Å². The van der Waals surface area contributed by atoms with Gasteiger partial charge in [0.1, 0.15) is 12.4 Å². The van der Waals surface area contributed by atoms with Crippen LogP contribution in [0.2, 0.25) is 0 Å². The number of aromatic nitrogens is 1. The molecule has 0 aliphatic carbocycles. The average Bonchev–Trinajstić information content (AvgIpc) is 2.54. The van der Waals surface area contributed by atoms with Gasteiger partial charge in [0.25, 0.3) is 0 Å². The van der Waals surface area contributed by atoms with Crippen molar-refractivity contribution >= 4 is 12.3 Å². The van der Waals surface area contributed by atoms with E-state index in [4.69, 9.17) is 9.47 Å². The number of nitrogens with zero attached hydrogens (tertiary/aromatic N) is 2. The minimum Gasteiger partial charge on any atom is -0.497 e. The summed E-state index contributed by atoms with van der Waals surface area (Å²) in [5.41, 5.74) is 3.93. The molecular formula is C15H15N3O3. The molecule has 0 saturated heterocycles. The van der Waals surface area contributed by atoms with Crippen molar-refractivity contribution in [1.29, 1.82) is 0 Å². The Morgan fingerprint density at radius 3 is 2.81 bits per heavy atom. The lowest BCUT2D eigenvalue weighted by molar-refractivity contribution is 0.140. The predicted molar refractivity (Wildman–Crippen MR) is 78.1 cm³/mol. The Labute approximate surface area is 122 Å². The van der Waals surface area contributed by atoms with E-state index in [1.54, 1.807) is 37.7 Å². The van der Waals surface area contributed by atoms with E-state index in [1.807, 2.05) is 18.2 Å². The number of hydrogen-bond acceptors (Lipinski definition) is 5. The van der Waals surface area contributed by atoms with Gasteiger partial charge in [0.05, 0.1) is 13.3 Å². The van der Waals surface area contributed by atoms with E-state index in [2.05, 4.69) is 15.5 Å². The van der Waals surface area contributed by atoms with Crippen molar-refractivity contribution in [2.45, 2.75) is 6.61 Å². The van der Waals surface area contributed by atoms with Crippen molar-refractivity contribution in [1.82, 2.24) is 10.4 Å². The number of amides is 1. The van der Waals surface area contributed by atoms with Gasteiger partial charge in [0, 0.05) is 18.0 Å². The molecule has 6 nitrogen and oxygen atoms in total. The summed E-state index contributed by atoms with van der Waals surface area (Å²) in [5.74, 6) is 0.754. The SMILES string of the molecule is COc1ccc(COC(=O)NN=Cc2cccnc2)cc1. The average molecular weight is 285 g/mol. The highest BCUT2D eigenvalue weighted by molar-refractivity contribution is 5.80. The maximum atomic E-state index is 11.4. The second-order valence-electron chi connectivity index (χ2n) is 4.08. The van der Waals surface area contributed by atoms with Crippen molar-refractivity contribution in [3.05, 3.63) is 59.9 Å². The number of hydrogen-bond donors (Lipinski definition) is 1. The number of nitrogens with one attached hydrogen (secondary N) is 1. The minimum absolute atomic E-state index is 0.165. The normalized spacial score (nSPS) is 10.3. The Balaban J connectivity index is 1.75. The first-order chi connectivity index (χ1) is 10.3. The summed E-state index contributed by atoms with van der Waals surface area (Å²) in [5, 5.41) is 3.77. The first kappa shape index (κ1) is 14.5. The first-order valence-electron chi connectivity index (χ1n) is 6.27. The second kappa shape index (κ2) is 7.64. The molecule has 1 N–H and O–H groups in total. The van der Waals surface area contributed by atoms with Gasteiger partial charge in [0.2, 0.25) is 0 Å². The van der Waals surface area contributed by atoms with Crippen molar-refractivity contribution in [3.63, 3.8) is 0 Å². The number of pyridine rings is 1. The fourth-order valence-corrected chi connectivity index (χ4v) is 1.51. The Kier molecular flexibility index (Phi) is 5.28. The monoisotopic (exact) mass is 285 g/mol. The molecule has 2 aromatic rings. The van der Waals surface area contributed by atoms with Gasteiger partial charge < -0.3 is 9.47 Å². The number of ether oxygens (including phenoxy) is 2. The predicted octanol–water partition coefficient (Wildman–Crippen LogP) is 2.35. The van der Waals surface area contributed by atoms with Crippen LogP contribution in [0.1, 0.15) is 11.1 Å². The summed E-state index contributed by atoms with van der Waals surface area (Å²) in [4.78, 5) is 15.4. The van der Waals surface area contributed by atoms with Crippen molar-refractivity contribution < 1.29 is 14.3 Å². The molecule has 0 atom stereocenters. The fourth-order valence-electron chi connectivity index (χ4n) is 1.51. The van der Waals surface area contributed by atoms with Gasteiger partial charge in [-0.2, -0.15) is 5.10 Å². The summed E-state index contributed by atoms with van der Waals surface area (Å²) in [6.07, 6.45) is 4.16. The number of methoxy groups -OCH3 is 1.